The maximum Gasteiger partial charge on any atom is 0.321 e. The highest BCUT2D eigenvalue weighted by molar-refractivity contribution is 5.94. The largest absolute Gasteiger partial charge is 0.339 e. The number of piperidine rings is 1. The number of hydrogen-bond donors (Lipinski definition) is 2. The standard InChI is InChI=1S/C24H26FN5O3/c25-20-10-4-8-18(14-20)22-28-23(33-29-22)19-9-5-12-30(16-19)13-11-21(31)27-24(32)26-15-17-6-2-1-3-7-17/h1-4,6-8,10,14,19H,5,9,11-13,15-16H2,(H2,26,27,31,32). The van der Waals surface area contributed by atoms with Crippen LogP contribution in [0, 0.1) is 5.82 Å². The molecule has 33 heavy (non-hydrogen) atoms. The zero-order valence-corrected chi connectivity index (χ0v) is 18.2. The third kappa shape index (κ3) is 6.45. The fraction of sp³-hybridized carbons (Fsp3) is 0.333. The van der Waals surface area contributed by atoms with Gasteiger partial charge in [0, 0.05) is 31.6 Å². The van der Waals surface area contributed by atoms with Crippen LogP contribution in [0.4, 0.5) is 9.18 Å². The van der Waals surface area contributed by atoms with E-state index in [1.165, 1.54) is 12.1 Å². The number of benzene rings is 2. The van der Waals surface area contributed by atoms with Gasteiger partial charge in [0.05, 0.1) is 5.92 Å². The van der Waals surface area contributed by atoms with E-state index in [2.05, 4.69) is 25.7 Å². The highest BCUT2D eigenvalue weighted by Gasteiger charge is 2.26. The molecule has 2 heterocycles. The molecule has 4 rings (SSSR count). The molecule has 1 aliphatic heterocycles. The molecule has 1 aliphatic rings. The van der Waals surface area contributed by atoms with Crippen LogP contribution in [0.5, 0.6) is 0 Å². The molecule has 0 radical (unpaired) electrons. The molecule has 1 atom stereocenters. The summed E-state index contributed by atoms with van der Waals surface area (Å²) in [6.45, 7) is 2.42. The molecule has 8 nitrogen and oxygen atoms in total. The van der Waals surface area contributed by atoms with Crippen molar-refractivity contribution in [1.82, 2.24) is 25.7 Å². The van der Waals surface area contributed by atoms with Crippen molar-refractivity contribution in [2.45, 2.75) is 31.7 Å². The van der Waals surface area contributed by atoms with Crippen LogP contribution >= 0.6 is 0 Å². The SMILES string of the molecule is O=C(CCN1CCCC(c2nc(-c3cccc(F)c3)no2)C1)NC(=O)NCc1ccccc1. The van der Waals surface area contributed by atoms with Crippen LogP contribution in [-0.4, -0.2) is 46.6 Å². The summed E-state index contributed by atoms with van der Waals surface area (Å²) in [7, 11) is 0. The minimum Gasteiger partial charge on any atom is -0.339 e. The lowest BCUT2D eigenvalue weighted by molar-refractivity contribution is -0.120. The van der Waals surface area contributed by atoms with E-state index < -0.39 is 6.03 Å². The van der Waals surface area contributed by atoms with Crippen molar-refractivity contribution in [3.05, 3.63) is 71.9 Å². The Morgan fingerprint density at radius 3 is 2.82 bits per heavy atom. The number of amides is 3. The summed E-state index contributed by atoms with van der Waals surface area (Å²) in [4.78, 5) is 30.7. The van der Waals surface area contributed by atoms with Crippen LogP contribution in [0.3, 0.4) is 0 Å². The molecule has 0 saturated carbocycles. The fourth-order valence-corrected chi connectivity index (χ4v) is 3.88. The number of imide groups is 1. The van der Waals surface area contributed by atoms with E-state index in [1.807, 2.05) is 30.3 Å². The topological polar surface area (TPSA) is 100 Å². The monoisotopic (exact) mass is 451 g/mol. The van der Waals surface area contributed by atoms with Crippen molar-refractivity contribution in [2.75, 3.05) is 19.6 Å². The number of nitrogens with one attached hydrogen (secondary N) is 2. The van der Waals surface area contributed by atoms with Gasteiger partial charge in [-0.15, -0.1) is 0 Å². The van der Waals surface area contributed by atoms with Gasteiger partial charge in [0.15, 0.2) is 0 Å². The number of aromatic nitrogens is 2. The molecule has 172 valence electrons. The summed E-state index contributed by atoms with van der Waals surface area (Å²) in [6, 6.07) is 15.1. The molecule has 1 fully saturated rings. The Balaban J connectivity index is 1.23. The first kappa shape index (κ1) is 22.6. The first-order valence-electron chi connectivity index (χ1n) is 11.0. The van der Waals surface area contributed by atoms with E-state index in [1.54, 1.807) is 12.1 Å². The van der Waals surface area contributed by atoms with E-state index in [0.717, 1.165) is 24.9 Å². The molecule has 0 spiro atoms. The van der Waals surface area contributed by atoms with E-state index in [9.17, 15) is 14.0 Å². The lowest BCUT2D eigenvalue weighted by atomic mass is 9.98. The van der Waals surface area contributed by atoms with Crippen molar-refractivity contribution in [3.63, 3.8) is 0 Å². The van der Waals surface area contributed by atoms with Crippen molar-refractivity contribution < 1.29 is 18.5 Å². The van der Waals surface area contributed by atoms with E-state index in [4.69, 9.17) is 4.52 Å². The normalized spacial score (nSPS) is 16.3. The number of urea groups is 1. The first-order chi connectivity index (χ1) is 16.1. The summed E-state index contributed by atoms with van der Waals surface area (Å²) in [5.41, 5.74) is 1.53. The maximum absolute atomic E-state index is 13.5. The zero-order chi connectivity index (χ0) is 23.0. The smallest absolute Gasteiger partial charge is 0.321 e. The van der Waals surface area contributed by atoms with Crippen molar-refractivity contribution in [3.8, 4) is 11.4 Å². The van der Waals surface area contributed by atoms with E-state index in [-0.39, 0.29) is 24.1 Å². The van der Waals surface area contributed by atoms with Gasteiger partial charge < -0.3 is 14.7 Å². The van der Waals surface area contributed by atoms with Gasteiger partial charge in [-0.1, -0.05) is 47.6 Å². The Labute approximate surface area is 191 Å². The third-order valence-electron chi connectivity index (χ3n) is 5.58. The van der Waals surface area contributed by atoms with Gasteiger partial charge >= 0.3 is 6.03 Å². The van der Waals surface area contributed by atoms with Crippen LogP contribution in [-0.2, 0) is 11.3 Å². The number of carbonyl (C=O) groups excluding carboxylic acids is 2. The second-order valence-corrected chi connectivity index (χ2v) is 8.07. The predicted molar refractivity (Wildman–Crippen MR) is 120 cm³/mol. The van der Waals surface area contributed by atoms with E-state index in [0.29, 0.717) is 36.9 Å². The summed E-state index contributed by atoms with van der Waals surface area (Å²) in [6.07, 6.45) is 2.04. The van der Waals surface area contributed by atoms with Crippen LogP contribution in [0.25, 0.3) is 11.4 Å². The molecule has 1 aromatic heterocycles. The molecule has 0 bridgehead atoms. The number of likely N-dealkylation sites (tertiary alicyclic amines) is 1. The maximum atomic E-state index is 13.5. The number of halogens is 1. The Hall–Kier alpha value is -3.59. The predicted octanol–water partition coefficient (Wildman–Crippen LogP) is 3.47. The molecule has 3 amide bonds. The minimum atomic E-state index is -0.504. The molecule has 2 N–H and O–H groups in total. The van der Waals surface area contributed by atoms with Crippen molar-refractivity contribution in [1.29, 1.82) is 0 Å². The lowest BCUT2D eigenvalue weighted by Crippen LogP contribution is -2.41. The van der Waals surface area contributed by atoms with Gasteiger partial charge in [0.1, 0.15) is 5.82 Å². The quantitative estimate of drug-likeness (QED) is 0.571. The summed E-state index contributed by atoms with van der Waals surface area (Å²) in [5.74, 6) is 0.251. The van der Waals surface area contributed by atoms with Crippen LogP contribution in [0.1, 0.15) is 36.6 Å². The highest BCUT2D eigenvalue weighted by atomic mass is 19.1. The molecule has 0 aliphatic carbocycles. The summed E-state index contributed by atoms with van der Waals surface area (Å²) < 4.78 is 18.9. The van der Waals surface area contributed by atoms with Crippen LogP contribution in [0.2, 0.25) is 0 Å². The van der Waals surface area contributed by atoms with Crippen LogP contribution < -0.4 is 10.6 Å². The molecule has 3 aromatic rings. The average Bonchev–Trinajstić information content (AvgIpc) is 3.33. The Morgan fingerprint density at radius 1 is 1.15 bits per heavy atom. The van der Waals surface area contributed by atoms with Gasteiger partial charge in [0.25, 0.3) is 0 Å². The third-order valence-corrected chi connectivity index (χ3v) is 5.58. The van der Waals surface area contributed by atoms with Crippen LogP contribution in [0.15, 0.2) is 59.1 Å². The molecule has 1 unspecified atom stereocenters. The van der Waals surface area contributed by atoms with Gasteiger partial charge in [0.2, 0.25) is 17.6 Å². The fourth-order valence-electron chi connectivity index (χ4n) is 3.88. The van der Waals surface area contributed by atoms with E-state index >= 15 is 0 Å². The number of hydrogen-bond acceptors (Lipinski definition) is 6. The second-order valence-electron chi connectivity index (χ2n) is 8.07. The van der Waals surface area contributed by atoms with Crippen molar-refractivity contribution >= 4 is 11.9 Å². The summed E-state index contributed by atoms with van der Waals surface area (Å²) in [5, 5.41) is 9.05. The number of nitrogens with zero attached hydrogens (tertiary/aromatic N) is 3. The minimum absolute atomic E-state index is 0.0470. The van der Waals surface area contributed by atoms with Gasteiger partial charge in [-0.05, 0) is 37.1 Å². The molecule has 2 aromatic carbocycles. The lowest BCUT2D eigenvalue weighted by Gasteiger charge is -2.30. The molecular formula is C24H26FN5O3. The van der Waals surface area contributed by atoms with Gasteiger partial charge in [-0.25, -0.2) is 9.18 Å². The van der Waals surface area contributed by atoms with Crippen molar-refractivity contribution in [2.24, 2.45) is 0 Å². The summed E-state index contributed by atoms with van der Waals surface area (Å²) >= 11 is 0. The Bertz CT molecular complexity index is 1090. The Morgan fingerprint density at radius 2 is 2.00 bits per heavy atom. The molecular weight excluding hydrogens is 425 g/mol. The Kier molecular flexibility index (Phi) is 7.41. The first-order valence-corrected chi connectivity index (χ1v) is 11.0. The molecule has 9 heteroatoms. The zero-order valence-electron chi connectivity index (χ0n) is 18.2. The molecule has 1 saturated heterocycles. The number of carbonyl (C=O) groups is 2. The van der Waals surface area contributed by atoms with Gasteiger partial charge in [-0.3, -0.25) is 10.1 Å². The van der Waals surface area contributed by atoms with Gasteiger partial charge in [-0.2, -0.15) is 4.98 Å². The highest BCUT2D eigenvalue weighted by Crippen LogP contribution is 2.27. The average molecular weight is 452 g/mol. The number of rotatable bonds is 7. The second kappa shape index (κ2) is 10.8.